The van der Waals surface area contributed by atoms with Crippen molar-refractivity contribution in [1.82, 2.24) is 0 Å². The summed E-state index contributed by atoms with van der Waals surface area (Å²) in [5.74, 6) is -0.00695. The summed E-state index contributed by atoms with van der Waals surface area (Å²) >= 11 is 0. The van der Waals surface area contributed by atoms with Crippen LogP contribution in [0.2, 0.25) is 0 Å². The molecule has 2 saturated carbocycles. The van der Waals surface area contributed by atoms with Gasteiger partial charge in [-0.25, -0.2) is 9.59 Å². The molecule has 0 N–H and O–H groups in total. The first-order chi connectivity index (χ1) is 11.3. The standard InChI is InChI=1S/C19H25NO4/c1-18(2)13-10-11-19(18,3)15(12-13)16(21)24-20(17(22)23-4)14-8-6-5-7-9-14/h5-9,13,15H,10-12H2,1-4H3/t13-,15?,19+/m1/s1. The molecular weight excluding hydrogens is 306 g/mol. The van der Waals surface area contributed by atoms with Gasteiger partial charge in [-0.2, -0.15) is 0 Å². The summed E-state index contributed by atoms with van der Waals surface area (Å²) in [5.41, 5.74) is 0.498. The number of benzene rings is 1. The first kappa shape index (κ1) is 16.8. The van der Waals surface area contributed by atoms with Crippen LogP contribution in [0.25, 0.3) is 0 Å². The average molecular weight is 331 g/mol. The van der Waals surface area contributed by atoms with Crippen LogP contribution in [0.3, 0.4) is 0 Å². The SMILES string of the molecule is COC(=O)N(OC(=O)C1C[C@H]2CC[C@]1(C)C2(C)C)c1ccccc1. The zero-order chi connectivity index (χ0) is 17.5. The Morgan fingerprint density at radius 2 is 1.83 bits per heavy atom. The maximum absolute atomic E-state index is 12.9. The van der Waals surface area contributed by atoms with Gasteiger partial charge in [0.15, 0.2) is 0 Å². The van der Waals surface area contributed by atoms with Crippen LogP contribution in [-0.4, -0.2) is 19.2 Å². The molecule has 2 aliphatic rings. The van der Waals surface area contributed by atoms with E-state index in [1.165, 1.54) is 7.11 Å². The molecule has 3 rings (SSSR count). The molecular formula is C19H25NO4. The number of carbonyl (C=O) groups excluding carboxylic acids is 2. The number of nitrogens with zero attached hydrogens (tertiary/aromatic N) is 1. The van der Waals surface area contributed by atoms with Gasteiger partial charge in [0.2, 0.25) is 0 Å². The minimum atomic E-state index is -0.706. The van der Waals surface area contributed by atoms with Gasteiger partial charge in [-0.3, -0.25) is 0 Å². The van der Waals surface area contributed by atoms with Crippen molar-refractivity contribution in [2.45, 2.75) is 40.0 Å². The minimum absolute atomic E-state index is 0.0901. The normalized spacial score (nSPS) is 30.0. The average Bonchev–Trinajstić information content (AvgIpc) is 2.92. The van der Waals surface area contributed by atoms with Gasteiger partial charge in [-0.05, 0) is 48.1 Å². The molecule has 1 aromatic rings. The molecule has 2 bridgehead atoms. The minimum Gasteiger partial charge on any atom is -0.450 e. The highest BCUT2D eigenvalue weighted by Gasteiger charge is 2.64. The molecule has 24 heavy (non-hydrogen) atoms. The summed E-state index contributed by atoms with van der Waals surface area (Å²) in [5, 5.41) is 0.949. The number of anilines is 1. The number of carbonyl (C=O) groups is 2. The Labute approximate surface area is 142 Å². The Bertz CT molecular complexity index is 642. The molecule has 1 aromatic carbocycles. The van der Waals surface area contributed by atoms with Crippen molar-refractivity contribution < 1.29 is 19.2 Å². The van der Waals surface area contributed by atoms with Crippen molar-refractivity contribution in [2.75, 3.05) is 12.2 Å². The molecule has 0 saturated heterocycles. The molecule has 5 heteroatoms. The fourth-order valence-corrected chi connectivity index (χ4v) is 4.56. The molecule has 0 aromatic heterocycles. The van der Waals surface area contributed by atoms with Crippen LogP contribution >= 0.6 is 0 Å². The summed E-state index contributed by atoms with van der Waals surface area (Å²) in [4.78, 5) is 30.4. The molecule has 1 unspecified atom stereocenters. The largest absolute Gasteiger partial charge is 0.450 e. The lowest BCUT2D eigenvalue weighted by Gasteiger charge is -2.38. The zero-order valence-corrected chi connectivity index (χ0v) is 14.7. The monoisotopic (exact) mass is 331 g/mol. The summed E-state index contributed by atoms with van der Waals surface area (Å²) in [6.07, 6.45) is 2.30. The molecule has 0 spiro atoms. The van der Waals surface area contributed by atoms with Crippen molar-refractivity contribution in [3.8, 4) is 0 Å². The van der Waals surface area contributed by atoms with Crippen molar-refractivity contribution in [3.05, 3.63) is 30.3 Å². The molecule has 2 fully saturated rings. The van der Waals surface area contributed by atoms with Crippen LogP contribution in [-0.2, 0) is 14.4 Å². The Hall–Kier alpha value is -2.04. The fourth-order valence-electron chi connectivity index (χ4n) is 4.56. The molecule has 1 amide bonds. The lowest BCUT2D eigenvalue weighted by Crippen LogP contribution is -2.41. The third-order valence-electron chi connectivity index (χ3n) is 6.59. The lowest BCUT2D eigenvalue weighted by atomic mass is 9.67. The number of amides is 1. The number of methoxy groups -OCH3 is 1. The van der Waals surface area contributed by atoms with E-state index >= 15 is 0 Å². The van der Waals surface area contributed by atoms with Crippen molar-refractivity contribution in [1.29, 1.82) is 0 Å². The Balaban J connectivity index is 1.82. The Morgan fingerprint density at radius 1 is 1.17 bits per heavy atom. The van der Waals surface area contributed by atoms with E-state index in [9.17, 15) is 9.59 Å². The van der Waals surface area contributed by atoms with Gasteiger partial charge in [0.1, 0.15) is 0 Å². The third-order valence-corrected chi connectivity index (χ3v) is 6.59. The van der Waals surface area contributed by atoms with Gasteiger partial charge in [0, 0.05) is 0 Å². The van der Waals surface area contributed by atoms with Crippen LogP contribution in [0.15, 0.2) is 30.3 Å². The first-order valence-corrected chi connectivity index (χ1v) is 8.46. The van der Waals surface area contributed by atoms with Crippen LogP contribution in [0, 0.1) is 22.7 Å². The topological polar surface area (TPSA) is 55.8 Å². The highest BCUT2D eigenvalue weighted by molar-refractivity contribution is 5.88. The van der Waals surface area contributed by atoms with Crippen LogP contribution in [0.1, 0.15) is 40.0 Å². The molecule has 130 valence electrons. The number of ether oxygens (including phenoxy) is 1. The fraction of sp³-hybridized carbons (Fsp3) is 0.579. The van der Waals surface area contributed by atoms with E-state index in [1.807, 2.05) is 6.07 Å². The maximum atomic E-state index is 12.9. The third kappa shape index (κ3) is 2.38. The van der Waals surface area contributed by atoms with Crippen LogP contribution in [0.5, 0.6) is 0 Å². The van der Waals surface area contributed by atoms with Crippen LogP contribution < -0.4 is 5.06 Å². The molecule has 2 aliphatic carbocycles. The molecule has 0 radical (unpaired) electrons. The second kappa shape index (κ2) is 5.80. The Kier molecular flexibility index (Phi) is 4.06. The van der Waals surface area contributed by atoms with Gasteiger partial charge in [0.25, 0.3) is 0 Å². The second-order valence-corrected chi connectivity index (χ2v) is 7.67. The van der Waals surface area contributed by atoms with E-state index in [0.717, 1.165) is 24.3 Å². The molecule has 5 nitrogen and oxygen atoms in total. The lowest BCUT2D eigenvalue weighted by molar-refractivity contribution is -0.154. The van der Waals surface area contributed by atoms with E-state index < -0.39 is 6.09 Å². The zero-order valence-electron chi connectivity index (χ0n) is 14.7. The van der Waals surface area contributed by atoms with E-state index in [1.54, 1.807) is 24.3 Å². The number of para-hydroxylation sites is 1. The predicted octanol–water partition coefficient (Wildman–Crippen LogP) is 4.18. The van der Waals surface area contributed by atoms with Gasteiger partial charge in [0.05, 0.1) is 18.7 Å². The number of rotatable bonds is 2. The Morgan fingerprint density at radius 3 is 2.33 bits per heavy atom. The van der Waals surface area contributed by atoms with Gasteiger partial charge < -0.3 is 9.57 Å². The summed E-state index contributed by atoms with van der Waals surface area (Å²) in [6.45, 7) is 6.66. The number of hydrogen-bond acceptors (Lipinski definition) is 4. The van der Waals surface area contributed by atoms with E-state index in [-0.39, 0.29) is 22.7 Å². The molecule has 0 heterocycles. The number of hydrogen-bond donors (Lipinski definition) is 0. The smallest absolute Gasteiger partial charge is 0.447 e. The highest BCUT2D eigenvalue weighted by Crippen LogP contribution is 2.68. The van der Waals surface area contributed by atoms with E-state index in [2.05, 4.69) is 20.8 Å². The summed E-state index contributed by atoms with van der Waals surface area (Å²) < 4.78 is 4.77. The quantitative estimate of drug-likeness (QED) is 0.763. The van der Waals surface area contributed by atoms with Crippen LogP contribution in [0.4, 0.5) is 10.5 Å². The highest BCUT2D eigenvalue weighted by atomic mass is 16.7. The van der Waals surface area contributed by atoms with Crippen molar-refractivity contribution >= 4 is 17.7 Å². The molecule has 0 aliphatic heterocycles. The number of hydroxylamine groups is 1. The van der Waals surface area contributed by atoms with Gasteiger partial charge in [-0.1, -0.05) is 39.0 Å². The van der Waals surface area contributed by atoms with Gasteiger partial charge >= 0.3 is 12.1 Å². The predicted molar refractivity (Wildman–Crippen MR) is 90.1 cm³/mol. The van der Waals surface area contributed by atoms with Crippen molar-refractivity contribution in [2.24, 2.45) is 22.7 Å². The van der Waals surface area contributed by atoms with E-state index in [4.69, 9.17) is 9.57 Å². The van der Waals surface area contributed by atoms with Crippen molar-refractivity contribution in [3.63, 3.8) is 0 Å². The summed E-state index contributed by atoms with van der Waals surface area (Å²) in [6, 6.07) is 8.80. The number of fused-ring (bicyclic) bond motifs is 2. The second-order valence-electron chi connectivity index (χ2n) is 7.67. The summed E-state index contributed by atoms with van der Waals surface area (Å²) in [7, 11) is 1.27. The van der Waals surface area contributed by atoms with Gasteiger partial charge in [-0.15, -0.1) is 5.06 Å². The first-order valence-electron chi connectivity index (χ1n) is 8.46. The maximum Gasteiger partial charge on any atom is 0.447 e. The molecule has 3 atom stereocenters. The van der Waals surface area contributed by atoms with E-state index in [0.29, 0.717) is 11.6 Å².